The highest BCUT2D eigenvalue weighted by molar-refractivity contribution is 5.68. The van der Waals surface area contributed by atoms with Crippen LogP contribution in [0.4, 0.5) is 10.6 Å². The average Bonchev–Trinajstić information content (AvgIpc) is 2.86. The minimum atomic E-state index is -0.445. The Kier molecular flexibility index (Phi) is 4.40. The van der Waals surface area contributed by atoms with E-state index in [1.807, 2.05) is 47.0 Å². The van der Waals surface area contributed by atoms with Gasteiger partial charge < -0.3 is 14.5 Å². The van der Waals surface area contributed by atoms with Crippen LogP contribution < -0.4 is 4.90 Å². The lowest BCUT2D eigenvalue weighted by molar-refractivity contribution is 0.0292. The maximum absolute atomic E-state index is 12.1. The zero-order chi connectivity index (χ0) is 15.6. The SMILES string of the molecule is Cc1ccc(N(C)[C@@H]2CCN(C(=O)OC(C)(C)C)C2)nc1. The van der Waals surface area contributed by atoms with Crippen LogP contribution in [0, 0.1) is 6.92 Å². The van der Waals surface area contributed by atoms with Crippen LogP contribution in [0.3, 0.4) is 0 Å². The fraction of sp³-hybridized carbons (Fsp3) is 0.625. The van der Waals surface area contributed by atoms with Crippen LogP contribution in [-0.2, 0) is 4.74 Å². The molecule has 0 bridgehead atoms. The lowest BCUT2D eigenvalue weighted by atomic mass is 10.2. The summed E-state index contributed by atoms with van der Waals surface area (Å²) in [5, 5.41) is 0. The van der Waals surface area contributed by atoms with Gasteiger partial charge in [-0.25, -0.2) is 9.78 Å². The maximum atomic E-state index is 12.1. The number of pyridine rings is 1. The van der Waals surface area contributed by atoms with Gasteiger partial charge in [0.2, 0.25) is 0 Å². The van der Waals surface area contributed by atoms with Crippen LogP contribution in [-0.4, -0.2) is 47.8 Å². The van der Waals surface area contributed by atoms with E-state index in [2.05, 4.69) is 16.0 Å². The highest BCUT2D eigenvalue weighted by atomic mass is 16.6. The van der Waals surface area contributed by atoms with Crippen molar-refractivity contribution in [3.8, 4) is 0 Å². The summed E-state index contributed by atoms with van der Waals surface area (Å²) >= 11 is 0. The summed E-state index contributed by atoms with van der Waals surface area (Å²) < 4.78 is 5.42. The molecule has 1 aliphatic rings. The Morgan fingerprint density at radius 1 is 1.43 bits per heavy atom. The summed E-state index contributed by atoms with van der Waals surface area (Å²) in [4.78, 5) is 20.4. The number of nitrogens with zero attached hydrogens (tertiary/aromatic N) is 3. The quantitative estimate of drug-likeness (QED) is 0.840. The topological polar surface area (TPSA) is 45.7 Å². The highest BCUT2D eigenvalue weighted by Gasteiger charge is 2.32. The molecule has 0 unspecified atom stereocenters. The largest absolute Gasteiger partial charge is 0.444 e. The number of hydrogen-bond acceptors (Lipinski definition) is 4. The summed E-state index contributed by atoms with van der Waals surface area (Å²) in [6, 6.07) is 4.36. The summed E-state index contributed by atoms with van der Waals surface area (Å²) in [5.74, 6) is 0.941. The minimum absolute atomic E-state index is 0.227. The average molecular weight is 291 g/mol. The van der Waals surface area contributed by atoms with Crippen molar-refractivity contribution in [2.24, 2.45) is 0 Å². The fourth-order valence-electron chi connectivity index (χ4n) is 2.41. The van der Waals surface area contributed by atoms with E-state index in [1.54, 1.807) is 4.90 Å². The maximum Gasteiger partial charge on any atom is 0.410 e. The minimum Gasteiger partial charge on any atom is -0.444 e. The van der Waals surface area contributed by atoms with Crippen molar-refractivity contribution in [2.45, 2.75) is 45.8 Å². The lowest BCUT2D eigenvalue weighted by Crippen LogP contribution is -2.39. The van der Waals surface area contributed by atoms with Gasteiger partial charge in [0, 0.05) is 32.4 Å². The molecule has 0 aliphatic carbocycles. The monoisotopic (exact) mass is 291 g/mol. The third kappa shape index (κ3) is 4.09. The molecule has 1 aromatic rings. The fourth-order valence-corrected chi connectivity index (χ4v) is 2.41. The number of amides is 1. The van der Waals surface area contributed by atoms with E-state index >= 15 is 0 Å². The molecule has 5 nitrogen and oxygen atoms in total. The van der Waals surface area contributed by atoms with Crippen molar-refractivity contribution in [3.63, 3.8) is 0 Å². The van der Waals surface area contributed by atoms with Crippen LogP contribution in [0.5, 0.6) is 0 Å². The van der Waals surface area contributed by atoms with Gasteiger partial charge in [0.15, 0.2) is 0 Å². The third-order valence-corrected chi connectivity index (χ3v) is 3.62. The molecule has 0 radical (unpaired) electrons. The van der Waals surface area contributed by atoms with E-state index < -0.39 is 5.60 Å². The zero-order valence-electron chi connectivity index (χ0n) is 13.6. The normalized spacial score (nSPS) is 18.7. The van der Waals surface area contributed by atoms with Crippen molar-refractivity contribution in [1.82, 2.24) is 9.88 Å². The van der Waals surface area contributed by atoms with E-state index in [1.165, 1.54) is 0 Å². The predicted octanol–water partition coefficient (Wildman–Crippen LogP) is 2.84. The molecule has 1 saturated heterocycles. The van der Waals surface area contributed by atoms with Gasteiger partial charge in [0.1, 0.15) is 11.4 Å². The molecule has 2 heterocycles. The lowest BCUT2D eigenvalue weighted by Gasteiger charge is -2.27. The first kappa shape index (κ1) is 15.6. The van der Waals surface area contributed by atoms with Crippen molar-refractivity contribution in [2.75, 3.05) is 25.0 Å². The third-order valence-electron chi connectivity index (χ3n) is 3.62. The predicted molar refractivity (Wildman–Crippen MR) is 83.6 cm³/mol. The van der Waals surface area contributed by atoms with E-state index in [9.17, 15) is 4.79 Å². The number of anilines is 1. The van der Waals surface area contributed by atoms with Gasteiger partial charge in [0.05, 0.1) is 0 Å². The van der Waals surface area contributed by atoms with E-state index in [-0.39, 0.29) is 12.1 Å². The van der Waals surface area contributed by atoms with Crippen LogP contribution >= 0.6 is 0 Å². The second-order valence-electron chi connectivity index (χ2n) is 6.67. The van der Waals surface area contributed by atoms with Gasteiger partial charge in [-0.3, -0.25) is 0 Å². The molecule has 116 valence electrons. The van der Waals surface area contributed by atoms with Crippen molar-refractivity contribution in [1.29, 1.82) is 0 Å². The van der Waals surface area contributed by atoms with Crippen molar-refractivity contribution in [3.05, 3.63) is 23.9 Å². The van der Waals surface area contributed by atoms with E-state index in [4.69, 9.17) is 4.74 Å². The number of aromatic nitrogens is 1. The van der Waals surface area contributed by atoms with Gasteiger partial charge >= 0.3 is 6.09 Å². The van der Waals surface area contributed by atoms with Crippen LogP contribution in [0.15, 0.2) is 18.3 Å². The summed E-state index contributed by atoms with van der Waals surface area (Å²) in [5.41, 5.74) is 0.702. The first-order valence-corrected chi connectivity index (χ1v) is 7.40. The van der Waals surface area contributed by atoms with Crippen molar-refractivity contribution >= 4 is 11.9 Å². The van der Waals surface area contributed by atoms with Gasteiger partial charge in [-0.15, -0.1) is 0 Å². The number of aryl methyl sites for hydroxylation is 1. The van der Waals surface area contributed by atoms with Gasteiger partial charge in [-0.05, 0) is 45.7 Å². The van der Waals surface area contributed by atoms with Crippen LogP contribution in [0.1, 0.15) is 32.8 Å². The first-order valence-electron chi connectivity index (χ1n) is 7.40. The zero-order valence-corrected chi connectivity index (χ0v) is 13.6. The Hall–Kier alpha value is -1.78. The molecule has 1 atom stereocenters. The van der Waals surface area contributed by atoms with E-state index in [0.717, 1.165) is 24.3 Å². The summed E-state index contributed by atoms with van der Waals surface area (Å²) in [6.07, 6.45) is 2.58. The molecule has 0 N–H and O–H groups in total. The first-order chi connectivity index (χ1) is 9.76. The number of carbonyl (C=O) groups is 1. The van der Waals surface area contributed by atoms with Crippen molar-refractivity contribution < 1.29 is 9.53 Å². The Morgan fingerprint density at radius 2 is 2.14 bits per heavy atom. The number of likely N-dealkylation sites (N-methyl/N-ethyl adjacent to an activating group) is 1. The second kappa shape index (κ2) is 5.92. The Morgan fingerprint density at radius 3 is 2.71 bits per heavy atom. The molecule has 1 aromatic heterocycles. The number of rotatable bonds is 2. The second-order valence-corrected chi connectivity index (χ2v) is 6.67. The molecule has 0 aromatic carbocycles. The van der Waals surface area contributed by atoms with Gasteiger partial charge in [-0.2, -0.15) is 0 Å². The number of ether oxygens (including phenoxy) is 1. The smallest absolute Gasteiger partial charge is 0.410 e. The molecule has 2 rings (SSSR count). The highest BCUT2D eigenvalue weighted by Crippen LogP contribution is 2.21. The molecule has 1 fully saturated rings. The molecule has 1 amide bonds. The van der Waals surface area contributed by atoms with E-state index in [0.29, 0.717) is 6.54 Å². The molecular formula is C16H25N3O2. The van der Waals surface area contributed by atoms with Gasteiger partial charge in [0.25, 0.3) is 0 Å². The Bertz CT molecular complexity index is 493. The van der Waals surface area contributed by atoms with Gasteiger partial charge in [-0.1, -0.05) is 6.07 Å². The van der Waals surface area contributed by atoms with Crippen LogP contribution in [0.2, 0.25) is 0 Å². The summed E-state index contributed by atoms with van der Waals surface area (Å²) in [7, 11) is 2.03. The summed E-state index contributed by atoms with van der Waals surface area (Å²) in [6.45, 7) is 9.11. The molecular weight excluding hydrogens is 266 g/mol. The van der Waals surface area contributed by atoms with Crippen LogP contribution in [0.25, 0.3) is 0 Å². The Balaban J connectivity index is 1.95. The molecule has 0 saturated carbocycles. The molecule has 0 spiro atoms. The number of carbonyl (C=O) groups excluding carboxylic acids is 1. The number of likely N-dealkylation sites (tertiary alicyclic amines) is 1. The standard InChI is InChI=1S/C16H25N3O2/c1-12-6-7-14(17-10-12)18(5)13-8-9-19(11-13)15(20)21-16(2,3)4/h6-7,10,13H,8-9,11H2,1-5H3/t13-/m1/s1. The number of hydrogen-bond donors (Lipinski definition) is 0. The molecule has 5 heteroatoms. The molecule has 1 aliphatic heterocycles. The molecule has 21 heavy (non-hydrogen) atoms. The Labute approximate surface area is 126 Å².